The van der Waals surface area contributed by atoms with Gasteiger partial charge in [-0.2, -0.15) is 0 Å². The van der Waals surface area contributed by atoms with E-state index in [0.717, 1.165) is 0 Å². The molecule has 0 bridgehead atoms. The molecule has 3 N–H and O–H groups in total. The molecule has 0 amide bonds. The number of nitrogens with two attached hydrogens (primary N) is 1. The maximum Gasteiger partial charge on any atom is 0.0663 e. The molecule has 98 valence electrons. The van der Waals surface area contributed by atoms with Crippen molar-refractivity contribution in [2.75, 3.05) is 6.54 Å². The number of rotatable bonds is 4. The molecule has 1 aromatic carbocycles. The van der Waals surface area contributed by atoms with E-state index in [9.17, 15) is 0 Å². The lowest BCUT2D eigenvalue weighted by atomic mass is 9.86. The Balaban J connectivity index is 2.86. The van der Waals surface area contributed by atoms with E-state index < -0.39 is 0 Å². The highest BCUT2D eigenvalue weighted by atomic mass is 15.0. The van der Waals surface area contributed by atoms with Gasteiger partial charge in [-0.15, -0.1) is 6.42 Å². The fourth-order valence-corrected chi connectivity index (χ4v) is 1.87. The summed E-state index contributed by atoms with van der Waals surface area (Å²) in [4.78, 5) is 0. The van der Waals surface area contributed by atoms with Gasteiger partial charge < -0.3 is 5.73 Å². The predicted octanol–water partition coefficient (Wildman–Crippen LogP) is 2.60. The molecule has 2 unspecified atom stereocenters. The Hall–Kier alpha value is -1.30. The molecule has 0 fully saturated rings. The van der Waals surface area contributed by atoms with Crippen molar-refractivity contribution in [1.82, 2.24) is 5.32 Å². The van der Waals surface area contributed by atoms with Crippen molar-refractivity contribution in [2.24, 2.45) is 5.73 Å². The number of terminal acetylenes is 1. The Morgan fingerprint density at radius 1 is 1.28 bits per heavy atom. The van der Waals surface area contributed by atoms with Crippen LogP contribution in [0.2, 0.25) is 0 Å². The first-order chi connectivity index (χ1) is 8.38. The third kappa shape index (κ3) is 3.87. The SMILES string of the molecule is C#CC(C)NC(CN)c1ccc(C(C)(C)C)cc1. The molecule has 0 heterocycles. The normalized spacial score (nSPS) is 14.9. The van der Waals surface area contributed by atoms with Crippen molar-refractivity contribution in [3.8, 4) is 12.3 Å². The smallest absolute Gasteiger partial charge is 0.0663 e. The van der Waals surface area contributed by atoms with Gasteiger partial charge in [-0.3, -0.25) is 5.32 Å². The van der Waals surface area contributed by atoms with Crippen LogP contribution < -0.4 is 11.1 Å². The Kier molecular flexibility index (Phi) is 4.95. The second-order valence-corrected chi connectivity index (χ2v) is 5.72. The molecule has 0 radical (unpaired) electrons. The standard InChI is InChI=1S/C16H24N2/c1-6-12(2)18-15(11-17)13-7-9-14(10-8-13)16(3,4)5/h1,7-10,12,15,18H,11,17H2,2-5H3. The van der Waals surface area contributed by atoms with Crippen LogP contribution in [0.5, 0.6) is 0 Å². The van der Waals surface area contributed by atoms with Crippen molar-refractivity contribution < 1.29 is 0 Å². The molecule has 0 spiro atoms. The van der Waals surface area contributed by atoms with E-state index in [4.69, 9.17) is 12.2 Å². The van der Waals surface area contributed by atoms with Crippen molar-refractivity contribution >= 4 is 0 Å². The number of benzene rings is 1. The molecule has 0 saturated heterocycles. The topological polar surface area (TPSA) is 38.0 Å². The highest BCUT2D eigenvalue weighted by Gasteiger charge is 2.15. The van der Waals surface area contributed by atoms with Gasteiger partial charge in [0.2, 0.25) is 0 Å². The van der Waals surface area contributed by atoms with Crippen LogP contribution in [0.25, 0.3) is 0 Å². The summed E-state index contributed by atoms with van der Waals surface area (Å²) < 4.78 is 0. The monoisotopic (exact) mass is 244 g/mol. The van der Waals surface area contributed by atoms with Gasteiger partial charge in [-0.25, -0.2) is 0 Å². The molecule has 2 heteroatoms. The van der Waals surface area contributed by atoms with Gasteiger partial charge in [0.05, 0.1) is 6.04 Å². The van der Waals surface area contributed by atoms with Crippen molar-refractivity contribution in [2.45, 2.75) is 45.2 Å². The van der Waals surface area contributed by atoms with Gasteiger partial charge in [0.25, 0.3) is 0 Å². The van der Waals surface area contributed by atoms with Gasteiger partial charge in [-0.1, -0.05) is 51.0 Å². The summed E-state index contributed by atoms with van der Waals surface area (Å²) in [5.41, 5.74) is 8.49. The third-order valence-corrected chi connectivity index (χ3v) is 3.12. The summed E-state index contributed by atoms with van der Waals surface area (Å²) in [5, 5.41) is 3.33. The minimum Gasteiger partial charge on any atom is -0.329 e. The van der Waals surface area contributed by atoms with Crippen molar-refractivity contribution in [3.05, 3.63) is 35.4 Å². The number of nitrogens with one attached hydrogen (secondary N) is 1. The molecule has 1 aromatic rings. The maximum atomic E-state index is 5.80. The molecule has 0 aliphatic carbocycles. The lowest BCUT2D eigenvalue weighted by Crippen LogP contribution is -2.34. The first kappa shape index (κ1) is 14.8. The van der Waals surface area contributed by atoms with Crippen LogP contribution in [0.15, 0.2) is 24.3 Å². The van der Waals surface area contributed by atoms with Crippen molar-refractivity contribution in [3.63, 3.8) is 0 Å². The lowest BCUT2D eigenvalue weighted by Gasteiger charge is -2.22. The van der Waals surface area contributed by atoms with Gasteiger partial charge in [0, 0.05) is 12.6 Å². The quantitative estimate of drug-likeness (QED) is 0.799. The average molecular weight is 244 g/mol. The van der Waals surface area contributed by atoms with E-state index in [1.54, 1.807) is 0 Å². The Morgan fingerprint density at radius 3 is 2.22 bits per heavy atom. The first-order valence-electron chi connectivity index (χ1n) is 6.41. The van der Waals surface area contributed by atoms with E-state index >= 15 is 0 Å². The number of hydrogen-bond acceptors (Lipinski definition) is 2. The molecule has 1 rings (SSSR count). The Labute approximate surface area is 111 Å². The van der Waals surface area contributed by atoms with Gasteiger partial charge in [-0.05, 0) is 23.5 Å². The summed E-state index contributed by atoms with van der Waals surface area (Å²) in [7, 11) is 0. The molecule has 18 heavy (non-hydrogen) atoms. The highest BCUT2D eigenvalue weighted by Crippen LogP contribution is 2.23. The molecule has 0 aliphatic heterocycles. The zero-order chi connectivity index (χ0) is 13.8. The van der Waals surface area contributed by atoms with Crippen LogP contribution in [0, 0.1) is 12.3 Å². The van der Waals surface area contributed by atoms with Crippen LogP contribution in [0.4, 0.5) is 0 Å². The minimum absolute atomic E-state index is 0.0286. The fraction of sp³-hybridized carbons (Fsp3) is 0.500. The summed E-state index contributed by atoms with van der Waals surface area (Å²) >= 11 is 0. The molecular weight excluding hydrogens is 220 g/mol. The molecule has 2 nitrogen and oxygen atoms in total. The zero-order valence-corrected chi connectivity index (χ0v) is 11.8. The highest BCUT2D eigenvalue weighted by molar-refractivity contribution is 5.29. The summed E-state index contributed by atoms with van der Waals surface area (Å²) in [6.07, 6.45) is 5.38. The van der Waals surface area contributed by atoms with E-state index in [1.807, 2.05) is 6.92 Å². The van der Waals surface area contributed by atoms with Crippen LogP contribution in [-0.4, -0.2) is 12.6 Å². The summed E-state index contributed by atoms with van der Waals surface area (Å²) in [5.74, 6) is 2.67. The molecule has 0 aliphatic rings. The van der Waals surface area contributed by atoms with Crippen molar-refractivity contribution in [1.29, 1.82) is 0 Å². The molecular formula is C16H24N2. The Morgan fingerprint density at radius 2 is 1.83 bits per heavy atom. The van der Waals surface area contributed by atoms with Crippen LogP contribution >= 0.6 is 0 Å². The number of hydrogen-bond donors (Lipinski definition) is 2. The van der Waals surface area contributed by atoms with Gasteiger partial charge in [0.1, 0.15) is 0 Å². The van der Waals surface area contributed by atoms with Gasteiger partial charge in [0.15, 0.2) is 0 Å². The predicted molar refractivity (Wildman–Crippen MR) is 78.4 cm³/mol. The molecule has 2 atom stereocenters. The fourth-order valence-electron chi connectivity index (χ4n) is 1.87. The average Bonchev–Trinajstić information content (AvgIpc) is 2.34. The van der Waals surface area contributed by atoms with Crippen LogP contribution in [0.1, 0.15) is 44.9 Å². The second-order valence-electron chi connectivity index (χ2n) is 5.72. The second kappa shape index (κ2) is 6.04. The first-order valence-corrected chi connectivity index (χ1v) is 6.41. The minimum atomic E-state index is 0.0286. The van der Waals surface area contributed by atoms with E-state index in [2.05, 4.69) is 56.3 Å². The van der Waals surface area contributed by atoms with Crippen LogP contribution in [0.3, 0.4) is 0 Å². The van der Waals surface area contributed by atoms with Crippen LogP contribution in [-0.2, 0) is 5.41 Å². The largest absolute Gasteiger partial charge is 0.329 e. The Bertz CT molecular complexity index is 406. The molecule has 0 aromatic heterocycles. The van der Waals surface area contributed by atoms with Gasteiger partial charge >= 0.3 is 0 Å². The maximum absolute atomic E-state index is 5.80. The zero-order valence-electron chi connectivity index (χ0n) is 11.8. The van der Waals surface area contributed by atoms with E-state index in [-0.39, 0.29) is 17.5 Å². The molecule has 0 saturated carbocycles. The summed E-state index contributed by atoms with van der Waals surface area (Å²) in [6.45, 7) is 9.14. The van der Waals surface area contributed by atoms with E-state index in [0.29, 0.717) is 6.54 Å². The summed E-state index contributed by atoms with van der Waals surface area (Å²) in [6, 6.07) is 8.74. The third-order valence-electron chi connectivity index (χ3n) is 3.12. The van der Waals surface area contributed by atoms with E-state index in [1.165, 1.54) is 11.1 Å². The lowest BCUT2D eigenvalue weighted by molar-refractivity contribution is 0.517.